The van der Waals surface area contributed by atoms with Crippen LogP contribution in [0.4, 0.5) is 0 Å². The van der Waals surface area contributed by atoms with Crippen molar-refractivity contribution >= 4 is 11.6 Å². The van der Waals surface area contributed by atoms with E-state index in [1.807, 2.05) is 0 Å². The number of hydrogen-bond donors (Lipinski definition) is 0. The van der Waals surface area contributed by atoms with Crippen molar-refractivity contribution in [3.8, 4) is 0 Å². The monoisotopic (exact) mass is 168 g/mol. The summed E-state index contributed by atoms with van der Waals surface area (Å²) in [5.41, 5.74) is 4.65. The molecule has 0 amide bonds. The fraction of sp³-hybridized carbons (Fsp3) is 0.600. The van der Waals surface area contributed by atoms with E-state index in [2.05, 4.69) is 6.92 Å². The first-order chi connectivity index (χ1) is 5.29. The minimum atomic E-state index is 1.09. The summed E-state index contributed by atoms with van der Waals surface area (Å²) in [5.74, 6) is 0. The van der Waals surface area contributed by atoms with Gasteiger partial charge in [-0.1, -0.05) is 17.2 Å². The summed E-state index contributed by atoms with van der Waals surface area (Å²) < 4.78 is 0. The van der Waals surface area contributed by atoms with E-state index in [0.29, 0.717) is 0 Å². The first-order valence-corrected chi connectivity index (χ1v) is 4.73. The van der Waals surface area contributed by atoms with E-state index in [1.165, 1.54) is 31.3 Å². The normalized spacial score (nSPS) is 24.5. The van der Waals surface area contributed by atoms with Gasteiger partial charge in [-0.05, 0) is 50.2 Å². The number of rotatable bonds is 0. The predicted octanol–water partition coefficient (Wildman–Crippen LogP) is 3.77. The molecule has 11 heavy (non-hydrogen) atoms. The summed E-state index contributed by atoms with van der Waals surface area (Å²) in [7, 11) is 0. The van der Waals surface area contributed by atoms with E-state index >= 15 is 0 Å². The van der Waals surface area contributed by atoms with Gasteiger partial charge in [-0.3, -0.25) is 0 Å². The highest BCUT2D eigenvalue weighted by Crippen LogP contribution is 2.41. The standard InChI is InChI=1S/C10H13Cl/c1-7-5-6-10(11)9-4-2-3-8(7)9/h2-6H2,1H3. The lowest BCUT2D eigenvalue weighted by atomic mass is 9.94. The molecule has 0 saturated heterocycles. The molecule has 1 fully saturated rings. The minimum Gasteiger partial charge on any atom is -0.0888 e. The number of halogens is 1. The molecule has 0 spiro atoms. The highest BCUT2D eigenvalue weighted by molar-refractivity contribution is 6.30. The van der Waals surface area contributed by atoms with E-state index in [9.17, 15) is 0 Å². The van der Waals surface area contributed by atoms with Crippen LogP contribution in [-0.4, -0.2) is 0 Å². The SMILES string of the molecule is CC1=C2CCCC2=C(Cl)CC1. The average molecular weight is 169 g/mol. The van der Waals surface area contributed by atoms with Gasteiger partial charge >= 0.3 is 0 Å². The molecule has 0 nitrogen and oxygen atoms in total. The summed E-state index contributed by atoms with van der Waals surface area (Å²) in [6.45, 7) is 2.25. The Labute approximate surface area is 72.9 Å². The molecule has 0 radical (unpaired) electrons. The van der Waals surface area contributed by atoms with Crippen molar-refractivity contribution in [1.82, 2.24) is 0 Å². The Bertz CT molecular complexity index is 220. The van der Waals surface area contributed by atoms with Gasteiger partial charge in [-0.15, -0.1) is 0 Å². The van der Waals surface area contributed by atoms with Gasteiger partial charge in [0.1, 0.15) is 0 Å². The second-order valence-electron chi connectivity index (χ2n) is 3.50. The van der Waals surface area contributed by atoms with Crippen molar-refractivity contribution in [3.63, 3.8) is 0 Å². The predicted molar refractivity (Wildman–Crippen MR) is 48.7 cm³/mol. The highest BCUT2D eigenvalue weighted by Gasteiger charge is 2.22. The highest BCUT2D eigenvalue weighted by atomic mass is 35.5. The fourth-order valence-electron chi connectivity index (χ4n) is 2.11. The topological polar surface area (TPSA) is 0 Å². The van der Waals surface area contributed by atoms with Crippen LogP contribution in [0.2, 0.25) is 0 Å². The minimum absolute atomic E-state index is 1.09. The third-order valence-electron chi connectivity index (χ3n) is 2.78. The third-order valence-corrected chi connectivity index (χ3v) is 3.20. The molecule has 2 rings (SSSR count). The number of allylic oxidation sites excluding steroid dienone is 4. The molecule has 2 aliphatic carbocycles. The molecule has 1 heteroatoms. The Balaban J connectivity index is 2.45. The molecule has 0 atom stereocenters. The lowest BCUT2D eigenvalue weighted by Gasteiger charge is -2.15. The zero-order valence-electron chi connectivity index (χ0n) is 6.91. The summed E-state index contributed by atoms with van der Waals surface area (Å²) in [4.78, 5) is 0. The lowest BCUT2D eigenvalue weighted by Crippen LogP contribution is -1.96. The van der Waals surface area contributed by atoms with Crippen LogP contribution in [0.25, 0.3) is 0 Å². The van der Waals surface area contributed by atoms with Crippen molar-refractivity contribution in [2.45, 2.75) is 39.0 Å². The molecule has 0 bridgehead atoms. The van der Waals surface area contributed by atoms with Gasteiger partial charge in [-0.2, -0.15) is 0 Å². The Morgan fingerprint density at radius 1 is 1.00 bits per heavy atom. The molecule has 0 aromatic heterocycles. The van der Waals surface area contributed by atoms with Crippen LogP contribution in [0.1, 0.15) is 39.0 Å². The zero-order valence-corrected chi connectivity index (χ0v) is 7.67. The van der Waals surface area contributed by atoms with Crippen LogP contribution < -0.4 is 0 Å². The molecule has 2 aliphatic rings. The lowest BCUT2D eigenvalue weighted by molar-refractivity contribution is 0.901. The van der Waals surface area contributed by atoms with Gasteiger partial charge in [0.2, 0.25) is 0 Å². The van der Waals surface area contributed by atoms with Gasteiger partial charge in [0.05, 0.1) is 0 Å². The fourth-order valence-corrected chi connectivity index (χ4v) is 2.42. The molecule has 1 saturated carbocycles. The van der Waals surface area contributed by atoms with E-state index in [-0.39, 0.29) is 0 Å². The first kappa shape index (κ1) is 7.42. The van der Waals surface area contributed by atoms with Gasteiger partial charge in [0, 0.05) is 5.03 Å². The van der Waals surface area contributed by atoms with Crippen LogP contribution in [0.15, 0.2) is 21.8 Å². The largest absolute Gasteiger partial charge is 0.0888 e. The maximum absolute atomic E-state index is 6.13. The molecule has 0 aromatic carbocycles. The first-order valence-electron chi connectivity index (χ1n) is 4.35. The Kier molecular flexibility index (Phi) is 1.80. The Morgan fingerprint density at radius 2 is 1.73 bits per heavy atom. The molecular formula is C10H13Cl. The van der Waals surface area contributed by atoms with Gasteiger partial charge in [0.15, 0.2) is 0 Å². The van der Waals surface area contributed by atoms with E-state index in [1.54, 1.807) is 11.1 Å². The van der Waals surface area contributed by atoms with Crippen molar-refractivity contribution in [2.75, 3.05) is 0 Å². The summed E-state index contributed by atoms with van der Waals surface area (Å²) in [6.07, 6.45) is 6.10. The quantitative estimate of drug-likeness (QED) is 0.517. The van der Waals surface area contributed by atoms with Crippen LogP contribution in [-0.2, 0) is 0 Å². The molecule has 60 valence electrons. The van der Waals surface area contributed by atoms with Crippen LogP contribution in [0.5, 0.6) is 0 Å². The van der Waals surface area contributed by atoms with E-state index in [4.69, 9.17) is 11.6 Å². The van der Waals surface area contributed by atoms with Gasteiger partial charge in [0.25, 0.3) is 0 Å². The van der Waals surface area contributed by atoms with Crippen LogP contribution in [0, 0.1) is 0 Å². The average Bonchev–Trinajstić information content (AvgIpc) is 2.45. The summed E-state index contributed by atoms with van der Waals surface area (Å²) >= 11 is 6.13. The van der Waals surface area contributed by atoms with Crippen molar-refractivity contribution < 1.29 is 0 Å². The molecule has 0 heterocycles. The number of fused-ring (bicyclic) bond motifs is 1. The summed E-state index contributed by atoms with van der Waals surface area (Å²) in [6, 6.07) is 0. The molecule has 0 N–H and O–H groups in total. The van der Waals surface area contributed by atoms with Crippen molar-refractivity contribution in [3.05, 3.63) is 21.8 Å². The molecule has 0 aliphatic heterocycles. The van der Waals surface area contributed by atoms with Crippen LogP contribution in [0.3, 0.4) is 0 Å². The zero-order chi connectivity index (χ0) is 7.84. The molecule has 0 aromatic rings. The second kappa shape index (κ2) is 2.67. The van der Waals surface area contributed by atoms with Gasteiger partial charge in [-0.25, -0.2) is 0 Å². The van der Waals surface area contributed by atoms with E-state index < -0.39 is 0 Å². The van der Waals surface area contributed by atoms with Crippen molar-refractivity contribution in [2.24, 2.45) is 0 Å². The van der Waals surface area contributed by atoms with Gasteiger partial charge < -0.3 is 0 Å². The van der Waals surface area contributed by atoms with Crippen molar-refractivity contribution in [1.29, 1.82) is 0 Å². The molecule has 0 unspecified atom stereocenters. The Morgan fingerprint density at radius 3 is 2.45 bits per heavy atom. The molecular weight excluding hydrogens is 156 g/mol. The maximum Gasteiger partial charge on any atom is 0.0218 e. The van der Waals surface area contributed by atoms with Crippen LogP contribution >= 0.6 is 11.6 Å². The Hall–Kier alpha value is -0.230. The smallest absolute Gasteiger partial charge is 0.0218 e. The second-order valence-corrected chi connectivity index (χ2v) is 3.95. The van der Waals surface area contributed by atoms with E-state index in [0.717, 1.165) is 11.5 Å². The third kappa shape index (κ3) is 1.14. The maximum atomic E-state index is 6.13. The summed E-state index contributed by atoms with van der Waals surface area (Å²) in [5, 5.41) is 1.14. The number of hydrogen-bond acceptors (Lipinski definition) is 0.